The molecule has 10 heteroatoms. The van der Waals surface area contributed by atoms with Crippen molar-refractivity contribution >= 4 is 38.5 Å². The Morgan fingerprint density at radius 1 is 1.10 bits per heavy atom. The number of nitrogens with one attached hydrogen (secondary N) is 2. The number of benzene rings is 2. The minimum atomic E-state index is -3.77. The summed E-state index contributed by atoms with van der Waals surface area (Å²) in [5, 5.41) is 8.40. The number of hydrogen-bond acceptors (Lipinski definition) is 6. The standard InChI is InChI=1S/C20H22N4O5S/c1-14-11-18(24(2)23-14)22-19(25)13-29-20(26)9-10-21-30(27,28)17-8-7-15-5-3-4-6-16(15)12-17/h3-8,11-12,21H,9-10,13H2,1-2H3,(H,22,25). The van der Waals surface area contributed by atoms with Gasteiger partial charge in [-0.15, -0.1) is 0 Å². The van der Waals surface area contributed by atoms with Gasteiger partial charge in [0.25, 0.3) is 5.91 Å². The molecule has 0 aliphatic heterocycles. The number of carbonyl (C=O) groups is 2. The molecule has 158 valence electrons. The maximum absolute atomic E-state index is 12.4. The number of sulfonamides is 1. The van der Waals surface area contributed by atoms with Crippen molar-refractivity contribution in [2.75, 3.05) is 18.5 Å². The van der Waals surface area contributed by atoms with Gasteiger partial charge in [0.2, 0.25) is 10.0 Å². The largest absolute Gasteiger partial charge is 0.456 e. The molecule has 0 aliphatic rings. The molecule has 0 radical (unpaired) electrons. The summed E-state index contributed by atoms with van der Waals surface area (Å²) >= 11 is 0. The van der Waals surface area contributed by atoms with E-state index in [1.807, 2.05) is 24.3 Å². The Morgan fingerprint density at radius 3 is 2.53 bits per heavy atom. The highest BCUT2D eigenvalue weighted by Gasteiger charge is 2.16. The van der Waals surface area contributed by atoms with E-state index < -0.39 is 28.5 Å². The lowest BCUT2D eigenvalue weighted by atomic mass is 10.1. The number of anilines is 1. The topological polar surface area (TPSA) is 119 Å². The number of aryl methyl sites for hydroxylation is 2. The van der Waals surface area contributed by atoms with E-state index in [1.54, 1.807) is 32.2 Å². The molecule has 0 unspecified atom stereocenters. The van der Waals surface area contributed by atoms with Gasteiger partial charge in [-0.2, -0.15) is 5.10 Å². The lowest BCUT2D eigenvalue weighted by Gasteiger charge is -2.09. The number of amides is 1. The van der Waals surface area contributed by atoms with Crippen LogP contribution in [0.5, 0.6) is 0 Å². The fourth-order valence-corrected chi connectivity index (χ4v) is 3.90. The summed E-state index contributed by atoms with van der Waals surface area (Å²) in [6.07, 6.45) is -0.203. The molecule has 3 aromatic rings. The summed E-state index contributed by atoms with van der Waals surface area (Å²) in [6, 6.07) is 13.9. The Hall–Kier alpha value is -3.24. The van der Waals surface area contributed by atoms with Crippen LogP contribution in [0.25, 0.3) is 10.8 Å². The van der Waals surface area contributed by atoms with E-state index in [2.05, 4.69) is 15.1 Å². The van der Waals surface area contributed by atoms with Crippen molar-refractivity contribution < 1.29 is 22.7 Å². The fourth-order valence-electron chi connectivity index (χ4n) is 2.83. The van der Waals surface area contributed by atoms with Gasteiger partial charge in [-0.05, 0) is 29.8 Å². The first-order chi connectivity index (χ1) is 14.2. The van der Waals surface area contributed by atoms with Crippen molar-refractivity contribution in [2.45, 2.75) is 18.2 Å². The SMILES string of the molecule is Cc1cc(NC(=O)COC(=O)CCNS(=O)(=O)c2ccc3ccccc3c2)n(C)n1. The van der Waals surface area contributed by atoms with Crippen molar-refractivity contribution in [1.82, 2.24) is 14.5 Å². The number of nitrogens with zero attached hydrogens (tertiary/aromatic N) is 2. The van der Waals surface area contributed by atoms with E-state index >= 15 is 0 Å². The van der Waals surface area contributed by atoms with E-state index in [1.165, 1.54) is 10.7 Å². The van der Waals surface area contributed by atoms with E-state index in [9.17, 15) is 18.0 Å². The third-order valence-electron chi connectivity index (χ3n) is 4.29. The van der Waals surface area contributed by atoms with Crippen molar-refractivity contribution in [2.24, 2.45) is 7.05 Å². The van der Waals surface area contributed by atoms with Crippen molar-refractivity contribution in [3.8, 4) is 0 Å². The summed E-state index contributed by atoms with van der Waals surface area (Å²) in [6.45, 7) is 1.17. The number of rotatable bonds is 8. The molecule has 0 saturated carbocycles. The lowest BCUT2D eigenvalue weighted by molar-refractivity contribution is -0.147. The van der Waals surface area contributed by atoms with Crippen LogP contribution in [0.2, 0.25) is 0 Å². The quantitative estimate of drug-likeness (QED) is 0.525. The maximum Gasteiger partial charge on any atom is 0.307 e. The molecular weight excluding hydrogens is 408 g/mol. The molecule has 2 N–H and O–H groups in total. The second-order valence-corrected chi connectivity index (χ2v) is 8.43. The van der Waals surface area contributed by atoms with Gasteiger partial charge in [0.05, 0.1) is 17.0 Å². The van der Waals surface area contributed by atoms with E-state index in [4.69, 9.17) is 4.74 Å². The third-order valence-corrected chi connectivity index (χ3v) is 5.74. The number of carbonyl (C=O) groups excluding carboxylic acids is 2. The number of aromatic nitrogens is 2. The molecule has 0 spiro atoms. The first-order valence-electron chi connectivity index (χ1n) is 9.19. The Morgan fingerprint density at radius 2 is 1.83 bits per heavy atom. The Balaban J connectivity index is 1.46. The van der Waals surface area contributed by atoms with Gasteiger partial charge in [0, 0.05) is 19.7 Å². The van der Waals surface area contributed by atoms with Gasteiger partial charge in [-0.1, -0.05) is 30.3 Å². The van der Waals surface area contributed by atoms with Gasteiger partial charge >= 0.3 is 5.97 Å². The normalized spacial score (nSPS) is 11.4. The Bertz CT molecular complexity index is 1190. The van der Waals surface area contributed by atoms with Crippen LogP contribution < -0.4 is 10.0 Å². The molecule has 3 rings (SSSR count). The highest BCUT2D eigenvalue weighted by atomic mass is 32.2. The summed E-state index contributed by atoms with van der Waals surface area (Å²) in [5.41, 5.74) is 0.739. The van der Waals surface area contributed by atoms with Gasteiger partial charge in [-0.25, -0.2) is 13.1 Å². The van der Waals surface area contributed by atoms with Crippen molar-refractivity contribution in [3.05, 3.63) is 54.2 Å². The average Bonchev–Trinajstić information content (AvgIpc) is 3.02. The van der Waals surface area contributed by atoms with Crippen LogP contribution in [0, 0.1) is 6.92 Å². The molecule has 1 amide bonds. The summed E-state index contributed by atoms with van der Waals surface area (Å²) < 4.78 is 33.6. The molecule has 1 aromatic heterocycles. The summed E-state index contributed by atoms with van der Waals surface area (Å²) in [7, 11) is -2.09. The minimum Gasteiger partial charge on any atom is -0.456 e. The maximum atomic E-state index is 12.4. The van der Waals surface area contributed by atoms with Crippen LogP contribution in [0.1, 0.15) is 12.1 Å². The van der Waals surface area contributed by atoms with E-state index in [0.29, 0.717) is 5.82 Å². The molecule has 0 saturated heterocycles. The molecular formula is C20H22N4O5S. The molecule has 0 aliphatic carbocycles. The van der Waals surface area contributed by atoms with Crippen molar-refractivity contribution in [1.29, 1.82) is 0 Å². The highest BCUT2D eigenvalue weighted by Crippen LogP contribution is 2.18. The highest BCUT2D eigenvalue weighted by molar-refractivity contribution is 7.89. The van der Waals surface area contributed by atoms with Gasteiger partial charge in [-0.3, -0.25) is 14.3 Å². The number of hydrogen-bond donors (Lipinski definition) is 2. The first-order valence-corrected chi connectivity index (χ1v) is 10.7. The van der Waals surface area contributed by atoms with Gasteiger partial charge < -0.3 is 10.1 Å². The average molecular weight is 430 g/mol. The van der Waals surface area contributed by atoms with Crippen LogP contribution in [-0.2, 0) is 31.4 Å². The summed E-state index contributed by atoms with van der Waals surface area (Å²) in [4.78, 5) is 23.8. The predicted molar refractivity (Wildman–Crippen MR) is 111 cm³/mol. The molecule has 30 heavy (non-hydrogen) atoms. The van der Waals surface area contributed by atoms with Crippen LogP contribution in [0.3, 0.4) is 0 Å². The third kappa shape index (κ3) is 5.43. The number of fused-ring (bicyclic) bond motifs is 1. The second-order valence-electron chi connectivity index (χ2n) is 6.66. The van der Waals surface area contributed by atoms with E-state index in [-0.39, 0.29) is 17.9 Å². The fraction of sp³-hybridized carbons (Fsp3) is 0.250. The number of esters is 1. The van der Waals surface area contributed by atoms with E-state index in [0.717, 1.165) is 16.5 Å². The Labute approximate surface area is 174 Å². The zero-order valence-electron chi connectivity index (χ0n) is 16.6. The first kappa shape index (κ1) is 21.5. The van der Waals surface area contributed by atoms with Crippen LogP contribution >= 0.6 is 0 Å². The van der Waals surface area contributed by atoms with Crippen LogP contribution in [0.4, 0.5) is 5.82 Å². The Kier molecular flexibility index (Phi) is 6.48. The zero-order chi connectivity index (χ0) is 21.7. The van der Waals surface area contributed by atoms with Crippen LogP contribution in [-0.4, -0.2) is 43.2 Å². The van der Waals surface area contributed by atoms with Crippen LogP contribution in [0.15, 0.2) is 53.4 Å². The molecule has 0 atom stereocenters. The summed E-state index contributed by atoms with van der Waals surface area (Å²) in [5.74, 6) is -0.715. The molecule has 2 aromatic carbocycles. The van der Waals surface area contributed by atoms with Gasteiger partial charge in [0.1, 0.15) is 5.82 Å². The molecule has 1 heterocycles. The molecule has 9 nitrogen and oxygen atoms in total. The lowest BCUT2D eigenvalue weighted by Crippen LogP contribution is -2.28. The monoisotopic (exact) mass is 430 g/mol. The van der Waals surface area contributed by atoms with Gasteiger partial charge in [0.15, 0.2) is 6.61 Å². The number of ether oxygens (including phenoxy) is 1. The molecule has 0 fully saturated rings. The predicted octanol–water partition coefficient (Wildman–Crippen LogP) is 1.73. The second kappa shape index (κ2) is 9.06. The van der Waals surface area contributed by atoms with Crippen molar-refractivity contribution in [3.63, 3.8) is 0 Å². The minimum absolute atomic E-state index is 0.111. The smallest absolute Gasteiger partial charge is 0.307 e. The molecule has 0 bridgehead atoms. The zero-order valence-corrected chi connectivity index (χ0v) is 17.4.